The molecule has 0 aliphatic heterocycles. The fourth-order valence-corrected chi connectivity index (χ4v) is 2.95. The third-order valence-corrected chi connectivity index (χ3v) is 4.80. The maximum absolute atomic E-state index is 13.1. The van der Waals surface area contributed by atoms with Crippen molar-refractivity contribution in [3.63, 3.8) is 0 Å². The van der Waals surface area contributed by atoms with E-state index in [-0.39, 0.29) is 11.9 Å². The van der Waals surface area contributed by atoms with Gasteiger partial charge < -0.3 is 5.32 Å². The van der Waals surface area contributed by atoms with Gasteiger partial charge in [0.2, 0.25) is 0 Å². The molecule has 0 aliphatic carbocycles. The zero-order chi connectivity index (χ0) is 15.4. The molecule has 0 heterocycles. The Kier molecular flexibility index (Phi) is 6.06. The van der Waals surface area contributed by atoms with Crippen LogP contribution in [0.25, 0.3) is 0 Å². The monoisotopic (exact) mass is 389 g/mol. The van der Waals surface area contributed by atoms with Gasteiger partial charge in [-0.05, 0) is 64.3 Å². The SMILES string of the molecule is CCNC(Cc1ccc(F)cc1Cl)c1ccc(Cl)c(Br)c1. The smallest absolute Gasteiger partial charge is 0.124 e. The van der Waals surface area contributed by atoms with Crippen LogP contribution in [-0.4, -0.2) is 6.54 Å². The van der Waals surface area contributed by atoms with Gasteiger partial charge in [-0.25, -0.2) is 4.39 Å². The lowest BCUT2D eigenvalue weighted by atomic mass is 9.98. The molecule has 2 aromatic rings. The minimum Gasteiger partial charge on any atom is -0.310 e. The highest BCUT2D eigenvalue weighted by atomic mass is 79.9. The van der Waals surface area contributed by atoms with Crippen LogP contribution in [0, 0.1) is 5.82 Å². The van der Waals surface area contributed by atoms with Gasteiger partial charge in [0.05, 0.1) is 5.02 Å². The maximum atomic E-state index is 13.1. The van der Waals surface area contributed by atoms with Crippen molar-refractivity contribution in [3.8, 4) is 0 Å². The Morgan fingerprint density at radius 3 is 2.52 bits per heavy atom. The van der Waals surface area contributed by atoms with Crippen LogP contribution < -0.4 is 5.32 Å². The second-order valence-electron chi connectivity index (χ2n) is 4.72. The van der Waals surface area contributed by atoms with Gasteiger partial charge in [0.1, 0.15) is 5.82 Å². The molecule has 1 N–H and O–H groups in total. The van der Waals surface area contributed by atoms with Crippen LogP contribution in [0.2, 0.25) is 10.0 Å². The maximum Gasteiger partial charge on any atom is 0.124 e. The van der Waals surface area contributed by atoms with Crippen LogP contribution in [0.1, 0.15) is 24.1 Å². The van der Waals surface area contributed by atoms with Crippen LogP contribution >= 0.6 is 39.1 Å². The van der Waals surface area contributed by atoms with Gasteiger partial charge in [-0.2, -0.15) is 0 Å². The third-order valence-electron chi connectivity index (χ3n) is 3.24. The lowest BCUT2D eigenvalue weighted by Gasteiger charge is -2.20. The third kappa shape index (κ3) is 4.43. The molecule has 2 rings (SSSR count). The Morgan fingerprint density at radius 1 is 1.14 bits per heavy atom. The first-order chi connectivity index (χ1) is 10.0. The van der Waals surface area contributed by atoms with Crippen LogP contribution in [0.3, 0.4) is 0 Å². The van der Waals surface area contributed by atoms with Crippen molar-refractivity contribution in [2.75, 3.05) is 6.54 Å². The summed E-state index contributed by atoms with van der Waals surface area (Å²) in [4.78, 5) is 0. The van der Waals surface area contributed by atoms with E-state index in [1.807, 2.05) is 25.1 Å². The summed E-state index contributed by atoms with van der Waals surface area (Å²) < 4.78 is 14.0. The minimum atomic E-state index is -0.321. The van der Waals surface area contributed by atoms with Crippen molar-refractivity contribution >= 4 is 39.1 Å². The van der Waals surface area contributed by atoms with Crippen molar-refractivity contribution in [1.29, 1.82) is 0 Å². The molecule has 112 valence electrons. The number of hydrogen-bond donors (Lipinski definition) is 1. The zero-order valence-corrected chi connectivity index (χ0v) is 14.6. The molecule has 2 aromatic carbocycles. The van der Waals surface area contributed by atoms with E-state index in [1.165, 1.54) is 12.1 Å². The Labute approximate surface area is 142 Å². The zero-order valence-electron chi connectivity index (χ0n) is 11.5. The predicted octanol–water partition coefficient (Wildman–Crippen LogP) is 5.79. The lowest BCUT2D eigenvalue weighted by Crippen LogP contribution is -2.23. The summed E-state index contributed by atoms with van der Waals surface area (Å²) in [6, 6.07) is 10.4. The summed E-state index contributed by atoms with van der Waals surface area (Å²) in [5.74, 6) is -0.321. The van der Waals surface area contributed by atoms with E-state index in [4.69, 9.17) is 23.2 Å². The summed E-state index contributed by atoms with van der Waals surface area (Å²) in [7, 11) is 0. The molecule has 0 saturated carbocycles. The van der Waals surface area contributed by atoms with Crippen LogP contribution in [0.4, 0.5) is 4.39 Å². The van der Waals surface area contributed by atoms with E-state index in [1.54, 1.807) is 6.07 Å². The number of hydrogen-bond acceptors (Lipinski definition) is 1. The molecule has 21 heavy (non-hydrogen) atoms. The van der Waals surface area contributed by atoms with Crippen LogP contribution in [0.5, 0.6) is 0 Å². The van der Waals surface area contributed by atoms with Gasteiger partial charge in [-0.15, -0.1) is 0 Å². The number of nitrogens with one attached hydrogen (secondary N) is 1. The van der Waals surface area contributed by atoms with E-state index >= 15 is 0 Å². The standard InChI is InChI=1S/C16H15BrCl2FN/c1-2-21-16(11-4-6-14(18)13(17)7-11)8-10-3-5-12(20)9-15(10)19/h3-7,9,16,21H,2,8H2,1H3. The van der Waals surface area contributed by atoms with Gasteiger partial charge in [0.25, 0.3) is 0 Å². The molecule has 0 spiro atoms. The molecule has 1 nitrogen and oxygen atoms in total. The van der Waals surface area contributed by atoms with Gasteiger partial charge in [-0.3, -0.25) is 0 Å². The van der Waals surface area contributed by atoms with E-state index in [9.17, 15) is 4.39 Å². The fraction of sp³-hybridized carbons (Fsp3) is 0.250. The molecule has 1 atom stereocenters. The number of likely N-dealkylation sites (N-methyl/N-ethyl adjacent to an activating group) is 1. The van der Waals surface area contributed by atoms with Gasteiger partial charge >= 0.3 is 0 Å². The predicted molar refractivity (Wildman–Crippen MR) is 90.7 cm³/mol. The van der Waals surface area contributed by atoms with Gasteiger partial charge in [-0.1, -0.05) is 42.3 Å². The molecule has 0 radical (unpaired) electrons. The highest BCUT2D eigenvalue weighted by Crippen LogP contribution is 2.29. The number of rotatable bonds is 5. The van der Waals surface area contributed by atoms with Crippen molar-refractivity contribution < 1.29 is 4.39 Å². The Bertz CT molecular complexity index is 634. The van der Waals surface area contributed by atoms with Crippen molar-refractivity contribution in [3.05, 3.63) is 67.9 Å². The highest BCUT2D eigenvalue weighted by molar-refractivity contribution is 9.10. The molecular weight excluding hydrogens is 376 g/mol. The summed E-state index contributed by atoms with van der Waals surface area (Å²) in [5, 5.41) is 4.54. The lowest BCUT2D eigenvalue weighted by molar-refractivity contribution is 0.548. The van der Waals surface area contributed by atoms with E-state index in [0.717, 1.165) is 22.1 Å². The molecule has 1 unspecified atom stereocenters. The largest absolute Gasteiger partial charge is 0.310 e. The Morgan fingerprint density at radius 2 is 1.90 bits per heavy atom. The summed E-state index contributed by atoms with van der Waals surface area (Å²) in [6.45, 7) is 2.87. The molecule has 0 bridgehead atoms. The van der Waals surface area contributed by atoms with Crippen molar-refractivity contribution in [2.45, 2.75) is 19.4 Å². The molecule has 0 saturated heterocycles. The van der Waals surface area contributed by atoms with Gasteiger partial charge in [0, 0.05) is 15.5 Å². The molecule has 5 heteroatoms. The number of halogens is 4. The molecular formula is C16H15BrCl2FN. The van der Waals surface area contributed by atoms with E-state index in [0.29, 0.717) is 16.5 Å². The minimum absolute atomic E-state index is 0.0894. The number of benzene rings is 2. The summed E-state index contributed by atoms with van der Waals surface area (Å²) >= 11 is 15.6. The first-order valence-electron chi connectivity index (χ1n) is 6.63. The van der Waals surface area contributed by atoms with Crippen molar-refractivity contribution in [2.24, 2.45) is 0 Å². The van der Waals surface area contributed by atoms with Crippen LogP contribution in [0.15, 0.2) is 40.9 Å². The summed E-state index contributed by atoms with van der Waals surface area (Å²) in [6.07, 6.45) is 0.682. The molecule has 0 fully saturated rings. The fourth-order valence-electron chi connectivity index (χ4n) is 2.19. The van der Waals surface area contributed by atoms with Crippen LogP contribution in [-0.2, 0) is 6.42 Å². The van der Waals surface area contributed by atoms with Crippen molar-refractivity contribution in [1.82, 2.24) is 5.32 Å². The normalized spacial score (nSPS) is 12.4. The molecule has 0 aromatic heterocycles. The van der Waals surface area contributed by atoms with Gasteiger partial charge in [0.15, 0.2) is 0 Å². The molecule has 0 aliphatic rings. The molecule has 0 amide bonds. The van der Waals surface area contributed by atoms with E-state index < -0.39 is 0 Å². The topological polar surface area (TPSA) is 12.0 Å². The van der Waals surface area contributed by atoms with E-state index in [2.05, 4.69) is 21.2 Å². The second kappa shape index (κ2) is 7.59. The average Bonchev–Trinajstić information content (AvgIpc) is 2.44. The summed E-state index contributed by atoms with van der Waals surface area (Å²) in [5.41, 5.74) is 2.02. The Hall–Kier alpha value is -0.610. The first kappa shape index (κ1) is 16.8. The Balaban J connectivity index is 2.28. The average molecular weight is 391 g/mol. The second-order valence-corrected chi connectivity index (χ2v) is 6.39. The quantitative estimate of drug-likeness (QED) is 0.681. The first-order valence-corrected chi connectivity index (χ1v) is 8.18. The highest BCUT2D eigenvalue weighted by Gasteiger charge is 2.14.